The molecule has 3 aromatic rings. The van der Waals surface area contributed by atoms with Crippen LogP contribution in [-0.2, 0) is 13.1 Å². The van der Waals surface area contributed by atoms with E-state index >= 15 is 0 Å². The van der Waals surface area contributed by atoms with Crippen molar-refractivity contribution < 1.29 is 4.79 Å². The van der Waals surface area contributed by atoms with Crippen LogP contribution in [0.1, 0.15) is 41.3 Å². The summed E-state index contributed by atoms with van der Waals surface area (Å²) in [4.78, 5) is 19.2. The van der Waals surface area contributed by atoms with Crippen molar-refractivity contribution in [3.05, 3.63) is 77.9 Å². The molecule has 1 aromatic heterocycles. The maximum absolute atomic E-state index is 12.7. The highest BCUT2D eigenvalue weighted by Gasteiger charge is 2.17. The van der Waals surface area contributed by atoms with Crippen LogP contribution >= 0.6 is 0 Å². The molecule has 0 atom stereocenters. The quantitative estimate of drug-likeness (QED) is 0.702. The zero-order chi connectivity index (χ0) is 20.1. The van der Waals surface area contributed by atoms with Gasteiger partial charge >= 0.3 is 0 Å². The molecule has 1 aliphatic rings. The minimum atomic E-state index is -0.0893. The van der Waals surface area contributed by atoms with Crippen LogP contribution in [0, 0.1) is 5.92 Å². The predicted octanol–water partition coefficient (Wildman–Crippen LogP) is 3.43. The fourth-order valence-electron chi connectivity index (χ4n) is 3.75. The largest absolute Gasteiger partial charge is 0.348 e. The summed E-state index contributed by atoms with van der Waals surface area (Å²) in [6, 6.07) is 15.8. The van der Waals surface area contributed by atoms with Crippen molar-refractivity contribution in [2.24, 2.45) is 5.92 Å². The Morgan fingerprint density at radius 2 is 1.90 bits per heavy atom. The molecule has 0 saturated carbocycles. The highest BCUT2D eigenvalue weighted by Crippen LogP contribution is 2.20. The van der Waals surface area contributed by atoms with Crippen molar-refractivity contribution in [1.82, 2.24) is 25.0 Å². The number of benzene rings is 2. The first-order chi connectivity index (χ1) is 14.2. The molecule has 1 aliphatic heterocycles. The summed E-state index contributed by atoms with van der Waals surface area (Å²) in [6.45, 7) is 6.10. The second-order valence-corrected chi connectivity index (χ2v) is 7.80. The number of likely N-dealkylation sites (tertiary alicyclic amines) is 1. The lowest BCUT2D eigenvalue weighted by atomic mass is 9.98. The summed E-state index contributed by atoms with van der Waals surface area (Å²) >= 11 is 0. The van der Waals surface area contributed by atoms with Gasteiger partial charge in [0.1, 0.15) is 12.7 Å². The zero-order valence-corrected chi connectivity index (χ0v) is 16.8. The van der Waals surface area contributed by atoms with Gasteiger partial charge in [-0.3, -0.25) is 9.69 Å². The average molecular weight is 390 g/mol. The number of piperidine rings is 1. The fourth-order valence-corrected chi connectivity index (χ4v) is 3.75. The Hall–Kier alpha value is -2.99. The van der Waals surface area contributed by atoms with E-state index in [-0.39, 0.29) is 5.91 Å². The average Bonchev–Trinajstić information content (AvgIpc) is 3.30. The number of aromatic nitrogens is 3. The molecule has 1 fully saturated rings. The zero-order valence-electron chi connectivity index (χ0n) is 16.8. The molecule has 6 heteroatoms. The van der Waals surface area contributed by atoms with E-state index in [0.717, 1.165) is 31.2 Å². The predicted molar refractivity (Wildman–Crippen MR) is 113 cm³/mol. The van der Waals surface area contributed by atoms with Crippen LogP contribution in [0.5, 0.6) is 0 Å². The van der Waals surface area contributed by atoms with Crippen molar-refractivity contribution in [2.45, 2.75) is 32.9 Å². The molecular weight excluding hydrogens is 362 g/mol. The number of nitrogens with one attached hydrogen (secondary N) is 1. The van der Waals surface area contributed by atoms with Crippen molar-refractivity contribution in [3.63, 3.8) is 0 Å². The van der Waals surface area contributed by atoms with Crippen LogP contribution < -0.4 is 5.32 Å². The maximum atomic E-state index is 12.7. The van der Waals surface area contributed by atoms with Gasteiger partial charge in [0.25, 0.3) is 5.91 Å². The van der Waals surface area contributed by atoms with E-state index < -0.39 is 0 Å². The maximum Gasteiger partial charge on any atom is 0.251 e. The topological polar surface area (TPSA) is 63.1 Å². The van der Waals surface area contributed by atoms with Crippen LogP contribution in [0.25, 0.3) is 5.69 Å². The van der Waals surface area contributed by atoms with Gasteiger partial charge < -0.3 is 5.32 Å². The second-order valence-electron chi connectivity index (χ2n) is 7.80. The number of hydrogen-bond acceptors (Lipinski definition) is 4. The lowest BCUT2D eigenvalue weighted by molar-refractivity contribution is 0.0950. The van der Waals surface area contributed by atoms with Gasteiger partial charge in [-0.05, 0) is 61.2 Å². The number of hydrogen-bond donors (Lipinski definition) is 1. The van der Waals surface area contributed by atoms with Crippen molar-refractivity contribution in [2.75, 3.05) is 13.1 Å². The minimum Gasteiger partial charge on any atom is -0.348 e. The fraction of sp³-hybridized carbons (Fsp3) is 0.348. The molecule has 1 N–H and O–H groups in total. The van der Waals surface area contributed by atoms with Crippen LogP contribution in [0.15, 0.2) is 61.2 Å². The van der Waals surface area contributed by atoms with Gasteiger partial charge in [-0.25, -0.2) is 9.67 Å². The molecule has 1 saturated heterocycles. The number of carbonyl (C=O) groups is 1. The van der Waals surface area contributed by atoms with E-state index in [9.17, 15) is 4.79 Å². The summed E-state index contributed by atoms with van der Waals surface area (Å²) in [5.41, 5.74) is 3.89. The van der Waals surface area contributed by atoms with E-state index in [4.69, 9.17) is 0 Å². The number of nitrogens with zero attached hydrogens (tertiary/aromatic N) is 4. The highest BCUT2D eigenvalue weighted by molar-refractivity contribution is 5.94. The first-order valence-corrected chi connectivity index (χ1v) is 10.2. The van der Waals surface area contributed by atoms with E-state index in [2.05, 4.69) is 45.4 Å². The monoisotopic (exact) mass is 389 g/mol. The Morgan fingerprint density at radius 3 is 2.66 bits per heavy atom. The first-order valence-electron chi connectivity index (χ1n) is 10.2. The minimum absolute atomic E-state index is 0.0893. The molecule has 150 valence electrons. The van der Waals surface area contributed by atoms with Crippen LogP contribution in [0.2, 0.25) is 0 Å². The molecule has 6 nitrogen and oxygen atoms in total. The molecule has 2 aromatic carbocycles. The molecule has 29 heavy (non-hydrogen) atoms. The number of carbonyl (C=O) groups excluding carboxylic acids is 1. The number of amides is 1. The molecule has 0 spiro atoms. The smallest absolute Gasteiger partial charge is 0.251 e. The molecule has 0 radical (unpaired) electrons. The van der Waals surface area contributed by atoms with Gasteiger partial charge in [0, 0.05) is 18.7 Å². The first kappa shape index (κ1) is 19.3. The Kier molecular flexibility index (Phi) is 6.00. The molecule has 0 aliphatic carbocycles. The Morgan fingerprint density at radius 1 is 1.10 bits per heavy atom. The van der Waals surface area contributed by atoms with Crippen LogP contribution in [-0.4, -0.2) is 38.7 Å². The van der Waals surface area contributed by atoms with E-state index in [0.29, 0.717) is 12.1 Å². The van der Waals surface area contributed by atoms with Gasteiger partial charge in [-0.1, -0.05) is 37.3 Å². The highest BCUT2D eigenvalue weighted by atomic mass is 16.1. The van der Waals surface area contributed by atoms with Crippen molar-refractivity contribution in [3.8, 4) is 5.69 Å². The molecule has 1 amide bonds. The standard InChI is InChI=1S/C23H27N5O/c1-18-9-11-27(12-10-18)15-21-6-3-2-5-20(21)14-25-23(29)19-7-4-8-22(13-19)28-17-24-16-26-28/h2-8,13,16-18H,9-12,14-15H2,1H3,(H,25,29). The molecule has 0 bridgehead atoms. The van der Waals surface area contributed by atoms with Crippen molar-refractivity contribution >= 4 is 5.91 Å². The lowest BCUT2D eigenvalue weighted by Crippen LogP contribution is -2.33. The van der Waals surface area contributed by atoms with E-state index in [1.165, 1.54) is 30.3 Å². The number of rotatable bonds is 6. The normalized spacial score (nSPS) is 15.3. The van der Waals surface area contributed by atoms with E-state index in [1.54, 1.807) is 11.0 Å². The van der Waals surface area contributed by atoms with Gasteiger partial charge in [0.05, 0.1) is 5.69 Å². The lowest BCUT2D eigenvalue weighted by Gasteiger charge is -2.30. The SMILES string of the molecule is CC1CCN(Cc2ccccc2CNC(=O)c2cccc(-n3cncn3)c2)CC1. The summed E-state index contributed by atoms with van der Waals surface area (Å²) in [6.07, 6.45) is 5.63. The van der Waals surface area contributed by atoms with Gasteiger partial charge in [-0.2, -0.15) is 5.10 Å². The Balaban J connectivity index is 1.40. The molecule has 2 heterocycles. The molecule has 4 rings (SSSR count). The summed E-state index contributed by atoms with van der Waals surface area (Å²) in [7, 11) is 0. The third kappa shape index (κ3) is 4.90. The summed E-state index contributed by atoms with van der Waals surface area (Å²) in [5, 5.41) is 7.19. The van der Waals surface area contributed by atoms with Crippen molar-refractivity contribution in [1.29, 1.82) is 0 Å². The summed E-state index contributed by atoms with van der Waals surface area (Å²) < 4.78 is 1.64. The summed E-state index contributed by atoms with van der Waals surface area (Å²) in [5.74, 6) is 0.739. The molecule has 0 unspecified atom stereocenters. The van der Waals surface area contributed by atoms with Gasteiger partial charge in [-0.15, -0.1) is 0 Å². The van der Waals surface area contributed by atoms with Gasteiger partial charge in [0.15, 0.2) is 0 Å². The Labute approximate surface area is 171 Å². The van der Waals surface area contributed by atoms with Crippen LogP contribution in [0.4, 0.5) is 0 Å². The van der Waals surface area contributed by atoms with E-state index in [1.807, 2.05) is 30.3 Å². The Bertz CT molecular complexity index is 945. The third-order valence-electron chi connectivity index (χ3n) is 5.62. The van der Waals surface area contributed by atoms with Crippen LogP contribution in [0.3, 0.4) is 0 Å². The third-order valence-corrected chi connectivity index (χ3v) is 5.62. The van der Waals surface area contributed by atoms with Gasteiger partial charge in [0.2, 0.25) is 0 Å². The molecular formula is C23H27N5O. The second kappa shape index (κ2) is 9.01.